The van der Waals surface area contributed by atoms with Crippen molar-refractivity contribution in [3.05, 3.63) is 29.3 Å². The third-order valence-electron chi connectivity index (χ3n) is 3.34. The minimum absolute atomic E-state index is 0.0698. The van der Waals surface area contributed by atoms with Crippen LogP contribution in [-0.2, 0) is 11.2 Å². The number of carbonyl (C=O) groups excluding carboxylic acids is 1. The zero-order valence-corrected chi connectivity index (χ0v) is 11.1. The number of primary amides is 1. The second-order valence-electron chi connectivity index (χ2n) is 5.43. The van der Waals surface area contributed by atoms with Gasteiger partial charge in [0.2, 0.25) is 5.91 Å². The van der Waals surface area contributed by atoms with E-state index in [-0.39, 0.29) is 12.0 Å². The van der Waals surface area contributed by atoms with Gasteiger partial charge < -0.3 is 15.8 Å². The second kappa shape index (κ2) is 4.61. The minimum atomic E-state index is -0.700. The average Bonchev–Trinajstić information content (AvgIpc) is 2.68. The Kier molecular flexibility index (Phi) is 3.30. The van der Waals surface area contributed by atoms with Gasteiger partial charge in [-0.3, -0.25) is 4.79 Å². The molecule has 18 heavy (non-hydrogen) atoms. The highest BCUT2D eigenvalue weighted by atomic mass is 16.5. The molecule has 1 atom stereocenters. The lowest BCUT2D eigenvalue weighted by atomic mass is 10.0. The van der Waals surface area contributed by atoms with Gasteiger partial charge in [-0.1, -0.05) is 17.7 Å². The number of hydrogen-bond acceptors (Lipinski definition) is 3. The largest absolute Gasteiger partial charge is 0.488 e. The monoisotopic (exact) mass is 248 g/mol. The summed E-state index contributed by atoms with van der Waals surface area (Å²) < 4.78 is 5.82. The highest BCUT2D eigenvalue weighted by Gasteiger charge is 2.28. The van der Waals surface area contributed by atoms with Crippen molar-refractivity contribution in [1.29, 1.82) is 0 Å². The van der Waals surface area contributed by atoms with E-state index in [1.807, 2.05) is 12.1 Å². The smallest absolute Gasteiger partial charge is 0.237 e. The molecule has 0 saturated heterocycles. The van der Waals surface area contributed by atoms with Crippen molar-refractivity contribution in [3.8, 4) is 5.75 Å². The number of benzene rings is 1. The molecule has 0 aliphatic carbocycles. The van der Waals surface area contributed by atoms with Crippen LogP contribution in [-0.4, -0.2) is 24.1 Å². The maximum atomic E-state index is 11.2. The van der Waals surface area contributed by atoms with Crippen LogP contribution in [0.25, 0.3) is 0 Å². The topological polar surface area (TPSA) is 64.3 Å². The Bertz CT molecular complexity index is 469. The number of hydrogen-bond donors (Lipinski definition) is 2. The predicted molar refractivity (Wildman–Crippen MR) is 70.6 cm³/mol. The zero-order valence-electron chi connectivity index (χ0n) is 11.1. The lowest BCUT2D eigenvalue weighted by Gasteiger charge is -2.24. The van der Waals surface area contributed by atoms with Crippen LogP contribution in [0.2, 0.25) is 0 Å². The first-order valence-corrected chi connectivity index (χ1v) is 6.19. The Hall–Kier alpha value is -1.55. The molecule has 0 spiro atoms. The first kappa shape index (κ1) is 12.9. The maximum absolute atomic E-state index is 11.2. The van der Waals surface area contributed by atoms with Gasteiger partial charge >= 0.3 is 0 Å². The molecule has 1 heterocycles. The molecule has 0 bridgehead atoms. The number of fused-ring (bicyclic) bond motifs is 1. The van der Waals surface area contributed by atoms with Gasteiger partial charge in [0.25, 0.3) is 0 Å². The minimum Gasteiger partial charge on any atom is -0.488 e. The molecule has 0 saturated carbocycles. The molecule has 3 N–H and O–H groups in total. The molecule has 0 radical (unpaired) electrons. The second-order valence-corrected chi connectivity index (χ2v) is 5.43. The van der Waals surface area contributed by atoms with Gasteiger partial charge in [-0.05, 0) is 32.4 Å². The Morgan fingerprint density at radius 2 is 2.28 bits per heavy atom. The van der Waals surface area contributed by atoms with Crippen LogP contribution in [0.15, 0.2) is 18.2 Å². The molecule has 1 amide bonds. The zero-order chi connectivity index (χ0) is 13.3. The number of amides is 1. The number of aryl methyl sites for hydroxylation is 1. The Balaban J connectivity index is 1.94. The summed E-state index contributed by atoms with van der Waals surface area (Å²) in [4.78, 5) is 11.2. The third kappa shape index (κ3) is 2.64. The number of nitrogens with one attached hydrogen (secondary N) is 1. The number of ether oxygens (including phenoxy) is 1. The summed E-state index contributed by atoms with van der Waals surface area (Å²) in [6, 6.07) is 6.19. The van der Waals surface area contributed by atoms with E-state index >= 15 is 0 Å². The molecule has 4 nitrogen and oxygen atoms in total. The van der Waals surface area contributed by atoms with Crippen LogP contribution in [0.1, 0.15) is 25.0 Å². The van der Waals surface area contributed by atoms with E-state index in [9.17, 15) is 4.79 Å². The van der Waals surface area contributed by atoms with Gasteiger partial charge in [-0.2, -0.15) is 0 Å². The summed E-state index contributed by atoms with van der Waals surface area (Å²) in [5, 5.41) is 3.15. The van der Waals surface area contributed by atoms with Crippen molar-refractivity contribution in [2.45, 2.75) is 38.8 Å². The van der Waals surface area contributed by atoms with E-state index in [4.69, 9.17) is 10.5 Å². The van der Waals surface area contributed by atoms with Crippen LogP contribution >= 0.6 is 0 Å². The molecule has 1 aliphatic rings. The molecule has 1 aliphatic heterocycles. The molecular weight excluding hydrogens is 228 g/mol. The molecular formula is C14H20N2O2. The first-order valence-electron chi connectivity index (χ1n) is 6.19. The predicted octanol–water partition coefficient (Wildman–Crippen LogP) is 1.15. The molecule has 2 rings (SSSR count). The fraction of sp³-hybridized carbons (Fsp3) is 0.500. The molecule has 98 valence electrons. The summed E-state index contributed by atoms with van der Waals surface area (Å²) in [6.07, 6.45) is 0.944. The van der Waals surface area contributed by atoms with Crippen LogP contribution in [0.5, 0.6) is 5.75 Å². The van der Waals surface area contributed by atoms with Gasteiger partial charge in [0.05, 0.1) is 5.54 Å². The van der Waals surface area contributed by atoms with Gasteiger partial charge in [0.15, 0.2) is 0 Å². The summed E-state index contributed by atoms with van der Waals surface area (Å²) in [5.41, 5.74) is 7.09. The van der Waals surface area contributed by atoms with E-state index in [1.165, 1.54) is 11.1 Å². The van der Waals surface area contributed by atoms with E-state index in [0.717, 1.165) is 12.2 Å². The maximum Gasteiger partial charge on any atom is 0.237 e. The van der Waals surface area contributed by atoms with Crippen molar-refractivity contribution < 1.29 is 9.53 Å². The Morgan fingerprint density at radius 1 is 1.56 bits per heavy atom. The summed E-state index contributed by atoms with van der Waals surface area (Å²) in [6.45, 7) is 6.24. The van der Waals surface area contributed by atoms with Crippen molar-refractivity contribution in [3.63, 3.8) is 0 Å². The SMILES string of the molecule is Cc1ccc2c(c1)CC(CNC(C)(C)C(N)=O)O2. The quantitative estimate of drug-likeness (QED) is 0.840. The van der Waals surface area contributed by atoms with E-state index in [0.29, 0.717) is 6.54 Å². The third-order valence-corrected chi connectivity index (χ3v) is 3.34. The molecule has 1 unspecified atom stereocenters. The van der Waals surface area contributed by atoms with Crippen LogP contribution in [0, 0.1) is 6.92 Å². The van der Waals surface area contributed by atoms with Gasteiger partial charge in [-0.15, -0.1) is 0 Å². The molecule has 1 aromatic rings. The highest BCUT2D eigenvalue weighted by molar-refractivity contribution is 5.83. The Labute approximate surface area is 108 Å². The lowest BCUT2D eigenvalue weighted by Crippen LogP contribution is -2.53. The number of nitrogens with two attached hydrogens (primary N) is 1. The van der Waals surface area contributed by atoms with Crippen molar-refractivity contribution >= 4 is 5.91 Å². The van der Waals surface area contributed by atoms with Crippen LogP contribution in [0.3, 0.4) is 0 Å². The number of carbonyl (C=O) groups is 1. The highest BCUT2D eigenvalue weighted by Crippen LogP contribution is 2.29. The summed E-state index contributed by atoms with van der Waals surface area (Å²) >= 11 is 0. The standard InChI is InChI=1S/C14H20N2O2/c1-9-4-5-12-10(6-9)7-11(18-12)8-16-14(2,3)13(15)17/h4-6,11,16H,7-8H2,1-3H3,(H2,15,17). The van der Waals surface area contributed by atoms with Gasteiger partial charge in [0, 0.05) is 13.0 Å². The molecule has 1 aromatic carbocycles. The van der Waals surface area contributed by atoms with E-state index < -0.39 is 5.54 Å². The normalized spacial score (nSPS) is 18.3. The molecule has 0 aromatic heterocycles. The van der Waals surface area contributed by atoms with E-state index in [1.54, 1.807) is 13.8 Å². The molecule has 4 heteroatoms. The summed E-state index contributed by atoms with van der Waals surface area (Å²) in [7, 11) is 0. The van der Waals surface area contributed by atoms with Gasteiger partial charge in [-0.25, -0.2) is 0 Å². The average molecular weight is 248 g/mol. The lowest BCUT2D eigenvalue weighted by molar-refractivity contribution is -0.123. The first-order chi connectivity index (χ1) is 8.38. The van der Waals surface area contributed by atoms with Crippen molar-refractivity contribution in [1.82, 2.24) is 5.32 Å². The summed E-state index contributed by atoms with van der Waals surface area (Å²) in [5.74, 6) is 0.595. The van der Waals surface area contributed by atoms with Crippen molar-refractivity contribution in [2.24, 2.45) is 5.73 Å². The molecule has 0 fully saturated rings. The van der Waals surface area contributed by atoms with Gasteiger partial charge in [0.1, 0.15) is 11.9 Å². The van der Waals surface area contributed by atoms with Crippen LogP contribution in [0.4, 0.5) is 0 Å². The van der Waals surface area contributed by atoms with Crippen molar-refractivity contribution in [2.75, 3.05) is 6.54 Å². The number of rotatable bonds is 4. The van der Waals surface area contributed by atoms with Crippen LogP contribution < -0.4 is 15.8 Å². The Morgan fingerprint density at radius 3 is 2.94 bits per heavy atom. The van der Waals surface area contributed by atoms with E-state index in [2.05, 4.69) is 18.3 Å². The fourth-order valence-corrected chi connectivity index (χ4v) is 2.02. The fourth-order valence-electron chi connectivity index (χ4n) is 2.02.